The fourth-order valence-corrected chi connectivity index (χ4v) is 2.11. The second-order valence-corrected chi connectivity index (χ2v) is 4.66. The highest BCUT2D eigenvalue weighted by Gasteiger charge is 2.32. The number of alkyl halides is 3. The van der Waals surface area contributed by atoms with E-state index in [1.165, 1.54) is 18.2 Å². The number of nitrogens with one attached hydrogen (secondary N) is 1. The van der Waals surface area contributed by atoms with Gasteiger partial charge in [0.2, 0.25) is 0 Å². The summed E-state index contributed by atoms with van der Waals surface area (Å²) in [4.78, 5) is 13.9. The van der Waals surface area contributed by atoms with Gasteiger partial charge in [0, 0.05) is 6.07 Å². The molecule has 0 saturated carbocycles. The van der Waals surface area contributed by atoms with Crippen LogP contribution in [-0.2, 0) is 6.18 Å². The van der Waals surface area contributed by atoms with Gasteiger partial charge in [-0.15, -0.1) is 0 Å². The molecule has 8 heteroatoms. The van der Waals surface area contributed by atoms with E-state index in [1.54, 1.807) is 6.92 Å². The molecule has 1 aromatic heterocycles. The summed E-state index contributed by atoms with van der Waals surface area (Å²) in [6.07, 6.45) is -4.67. The monoisotopic (exact) mass is 311 g/mol. The van der Waals surface area contributed by atoms with Gasteiger partial charge in [0.25, 0.3) is 5.56 Å². The molecule has 0 unspecified atom stereocenters. The molecule has 2 aromatic rings. The Labute approximate surface area is 122 Å². The van der Waals surface area contributed by atoms with E-state index in [9.17, 15) is 18.0 Å². The van der Waals surface area contributed by atoms with Gasteiger partial charge in [-0.1, -0.05) is 0 Å². The number of aromatic nitrogens is 2. The van der Waals surface area contributed by atoms with Crippen LogP contribution in [0.25, 0.3) is 5.69 Å². The van der Waals surface area contributed by atoms with Crippen LogP contribution in [0.1, 0.15) is 16.8 Å². The highest BCUT2D eigenvalue weighted by molar-refractivity contribution is 7.71. The molecule has 1 N–H and O–H groups in total. The largest absolute Gasteiger partial charge is 0.431 e. The maximum Gasteiger partial charge on any atom is 0.431 e. The number of hydrogen-bond acceptors (Lipinski definition) is 3. The molecule has 0 amide bonds. The predicted molar refractivity (Wildman–Crippen MR) is 71.7 cm³/mol. The van der Waals surface area contributed by atoms with E-state index in [0.29, 0.717) is 22.9 Å². The zero-order chi connectivity index (χ0) is 15.8. The molecule has 0 aliphatic heterocycles. The average molecular weight is 311 g/mol. The Morgan fingerprint density at radius 1 is 1.33 bits per heavy atom. The van der Waals surface area contributed by atoms with Gasteiger partial charge < -0.3 is 4.98 Å². The summed E-state index contributed by atoms with van der Waals surface area (Å²) in [5, 5.41) is 8.84. The van der Waals surface area contributed by atoms with Crippen LogP contribution in [0.3, 0.4) is 0 Å². The fourth-order valence-electron chi connectivity index (χ4n) is 1.80. The van der Waals surface area contributed by atoms with Gasteiger partial charge in [-0.3, -0.25) is 9.36 Å². The molecule has 0 bridgehead atoms. The van der Waals surface area contributed by atoms with Gasteiger partial charge in [-0.05, 0) is 42.9 Å². The Morgan fingerprint density at radius 3 is 2.48 bits per heavy atom. The summed E-state index contributed by atoms with van der Waals surface area (Å²) in [6, 6.07) is 6.84. The number of aryl methyl sites for hydroxylation is 1. The molecule has 0 atom stereocenters. The zero-order valence-electron chi connectivity index (χ0n) is 10.7. The first-order valence-electron chi connectivity index (χ1n) is 5.69. The molecule has 1 aromatic carbocycles. The van der Waals surface area contributed by atoms with Gasteiger partial charge in [-0.25, -0.2) is 0 Å². The zero-order valence-corrected chi connectivity index (χ0v) is 11.5. The molecular weight excluding hydrogens is 303 g/mol. The molecular formula is C13H8F3N3OS. The lowest BCUT2D eigenvalue weighted by Gasteiger charge is -2.11. The van der Waals surface area contributed by atoms with Crippen molar-refractivity contribution in [3.05, 3.63) is 56.2 Å². The SMILES string of the molecule is Cc1cc(-n2c(=O)cc(C(F)(F)F)[nH]c2=S)ccc1C#N. The maximum atomic E-state index is 12.6. The first-order chi connectivity index (χ1) is 9.74. The Balaban J connectivity index is 2.67. The van der Waals surface area contributed by atoms with Crippen molar-refractivity contribution in [1.29, 1.82) is 5.26 Å². The second-order valence-electron chi connectivity index (χ2n) is 4.27. The fraction of sp³-hybridized carbons (Fsp3) is 0.154. The van der Waals surface area contributed by atoms with Crippen molar-refractivity contribution in [3.8, 4) is 11.8 Å². The summed E-state index contributed by atoms with van der Waals surface area (Å²) >= 11 is 4.82. The number of nitriles is 1. The Kier molecular flexibility index (Phi) is 3.70. The number of nitrogens with zero attached hydrogens (tertiary/aromatic N) is 2. The molecule has 0 fully saturated rings. The van der Waals surface area contributed by atoms with E-state index < -0.39 is 17.4 Å². The smallest absolute Gasteiger partial charge is 0.328 e. The van der Waals surface area contributed by atoms with E-state index >= 15 is 0 Å². The molecule has 0 spiro atoms. The van der Waals surface area contributed by atoms with Crippen molar-refractivity contribution in [2.75, 3.05) is 0 Å². The van der Waals surface area contributed by atoms with Crippen molar-refractivity contribution in [2.24, 2.45) is 0 Å². The number of rotatable bonds is 1. The molecule has 0 saturated heterocycles. The standard InChI is InChI=1S/C13H8F3N3OS/c1-7-4-9(3-2-8(7)6-17)19-11(20)5-10(13(14,15)16)18-12(19)21/h2-5H,1H3,(H,18,21). The number of hydrogen-bond donors (Lipinski definition) is 1. The van der Waals surface area contributed by atoms with E-state index in [-0.39, 0.29) is 4.77 Å². The van der Waals surface area contributed by atoms with Crippen molar-refractivity contribution < 1.29 is 13.2 Å². The van der Waals surface area contributed by atoms with Crippen LogP contribution in [-0.4, -0.2) is 9.55 Å². The number of benzene rings is 1. The molecule has 0 aliphatic carbocycles. The van der Waals surface area contributed by atoms with Crippen LogP contribution >= 0.6 is 12.2 Å². The van der Waals surface area contributed by atoms with Gasteiger partial charge in [0.05, 0.1) is 17.3 Å². The van der Waals surface area contributed by atoms with Gasteiger partial charge in [0.15, 0.2) is 4.77 Å². The quantitative estimate of drug-likeness (QED) is 0.823. The van der Waals surface area contributed by atoms with Crippen LogP contribution < -0.4 is 5.56 Å². The summed E-state index contributed by atoms with van der Waals surface area (Å²) in [5.41, 5.74) is -0.786. The topological polar surface area (TPSA) is 61.6 Å². The lowest BCUT2D eigenvalue weighted by molar-refractivity contribution is -0.141. The minimum atomic E-state index is -4.67. The lowest BCUT2D eigenvalue weighted by Crippen LogP contribution is -2.23. The van der Waals surface area contributed by atoms with Gasteiger partial charge >= 0.3 is 6.18 Å². The van der Waals surface area contributed by atoms with Crippen LogP contribution in [0.5, 0.6) is 0 Å². The predicted octanol–water partition coefficient (Wildman–Crippen LogP) is 3.09. The molecule has 108 valence electrons. The van der Waals surface area contributed by atoms with Crippen molar-refractivity contribution >= 4 is 12.2 Å². The van der Waals surface area contributed by atoms with Crippen molar-refractivity contribution in [3.63, 3.8) is 0 Å². The third-order valence-electron chi connectivity index (χ3n) is 2.83. The van der Waals surface area contributed by atoms with E-state index in [4.69, 9.17) is 17.5 Å². The van der Waals surface area contributed by atoms with Crippen molar-refractivity contribution in [1.82, 2.24) is 9.55 Å². The molecule has 0 aliphatic rings. The second kappa shape index (κ2) is 5.18. The Bertz CT molecular complexity index is 827. The average Bonchev–Trinajstić information content (AvgIpc) is 2.37. The van der Waals surface area contributed by atoms with Crippen LogP contribution in [0.4, 0.5) is 13.2 Å². The third-order valence-corrected chi connectivity index (χ3v) is 3.11. The van der Waals surface area contributed by atoms with Crippen LogP contribution in [0, 0.1) is 23.0 Å². The Morgan fingerprint density at radius 2 is 2.00 bits per heavy atom. The highest BCUT2D eigenvalue weighted by atomic mass is 32.1. The summed E-state index contributed by atoms with van der Waals surface area (Å²) < 4.78 is 38.3. The van der Waals surface area contributed by atoms with Crippen molar-refractivity contribution in [2.45, 2.75) is 13.1 Å². The lowest BCUT2D eigenvalue weighted by atomic mass is 10.1. The molecule has 4 nitrogen and oxygen atoms in total. The first kappa shape index (κ1) is 15.0. The number of aromatic amines is 1. The minimum absolute atomic E-state index is 0.298. The van der Waals surface area contributed by atoms with E-state index in [2.05, 4.69) is 0 Å². The van der Waals surface area contributed by atoms with E-state index in [1.807, 2.05) is 11.1 Å². The summed E-state index contributed by atoms with van der Waals surface area (Å²) in [7, 11) is 0. The first-order valence-corrected chi connectivity index (χ1v) is 6.09. The highest BCUT2D eigenvalue weighted by Crippen LogP contribution is 2.26. The summed E-state index contributed by atoms with van der Waals surface area (Å²) in [5.74, 6) is 0. The van der Waals surface area contributed by atoms with Crippen LogP contribution in [0.15, 0.2) is 29.1 Å². The normalized spacial score (nSPS) is 11.2. The van der Waals surface area contributed by atoms with Gasteiger partial charge in [-0.2, -0.15) is 18.4 Å². The van der Waals surface area contributed by atoms with Crippen LogP contribution in [0.2, 0.25) is 0 Å². The molecule has 2 rings (SSSR count). The third kappa shape index (κ3) is 2.87. The minimum Gasteiger partial charge on any atom is -0.328 e. The summed E-state index contributed by atoms with van der Waals surface area (Å²) in [6.45, 7) is 1.66. The van der Waals surface area contributed by atoms with E-state index in [0.717, 1.165) is 4.57 Å². The molecule has 1 heterocycles. The number of halogens is 3. The Hall–Kier alpha value is -2.40. The van der Waals surface area contributed by atoms with Gasteiger partial charge in [0.1, 0.15) is 5.69 Å². The molecule has 21 heavy (non-hydrogen) atoms. The molecule has 0 radical (unpaired) electrons. The number of H-pyrrole nitrogens is 1. The maximum absolute atomic E-state index is 12.6.